The average Bonchev–Trinajstić information content (AvgIpc) is 1.99. The third-order valence-electron chi connectivity index (χ3n) is 1.90. The lowest BCUT2D eigenvalue weighted by Gasteiger charge is -2.15. The van der Waals surface area contributed by atoms with Crippen LogP contribution in [-0.2, 0) is 0 Å². The van der Waals surface area contributed by atoms with E-state index in [1.54, 1.807) is 19.0 Å². The Kier molecular flexibility index (Phi) is 2.35. The Balaban J connectivity index is 3.34. The van der Waals surface area contributed by atoms with Crippen molar-refractivity contribution < 1.29 is 18.8 Å². The lowest BCUT2D eigenvalue weighted by Crippen LogP contribution is -2.57. The van der Waals surface area contributed by atoms with E-state index < -0.39 is 13.3 Å². The van der Waals surface area contributed by atoms with Crippen molar-refractivity contribution in [2.45, 2.75) is 6.92 Å². The van der Waals surface area contributed by atoms with E-state index in [2.05, 4.69) is 0 Å². The fraction of sp³-hybridized carbons (Fsp3) is 0.375. The number of hydrogen-bond acceptors (Lipinski definition) is 1. The van der Waals surface area contributed by atoms with Crippen LogP contribution in [-0.4, -0.2) is 21.2 Å². The van der Waals surface area contributed by atoms with E-state index in [4.69, 9.17) is 1.37 Å². The normalized spacial score (nSPS) is 12.6. The van der Waals surface area contributed by atoms with Crippen molar-refractivity contribution in [3.8, 4) is 0 Å². The van der Waals surface area contributed by atoms with Gasteiger partial charge in [-0.25, -0.2) is 0 Å². The molecule has 78 valence electrons. The molecule has 0 N–H and O–H groups in total. The summed E-state index contributed by atoms with van der Waals surface area (Å²) in [6, 6.07) is 2.61. The van der Waals surface area contributed by atoms with Crippen molar-refractivity contribution in [3.63, 3.8) is 0 Å². The lowest BCUT2D eigenvalue weighted by atomic mass is 10.1. The smallest absolute Gasteiger partial charge is 0.379 e. The first kappa shape index (κ1) is 9.36. The third-order valence-corrected chi connectivity index (χ3v) is 1.90. The molecule has 0 aliphatic heterocycles. The zero-order chi connectivity index (χ0) is 11.8. The molecule has 0 aliphatic carbocycles. The highest BCUT2D eigenvalue weighted by Crippen LogP contribution is 2.12. The minimum Gasteiger partial charge on any atom is -0.379 e. The van der Waals surface area contributed by atoms with E-state index in [9.17, 15) is 12.9 Å². The Morgan fingerprint density at radius 2 is 2.00 bits per heavy atom. The number of pyridine rings is 1. The summed E-state index contributed by atoms with van der Waals surface area (Å²) in [5, 5.41) is 0. The van der Waals surface area contributed by atoms with Gasteiger partial charge in [-0.15, -0.1) is 0 Å². The molecule has 0 saturated carbocycles. The summed E-state index contributed by atoms with van der Waals surface area (Å²) in [5.41, 5.74) is 0.618. The Hall–Kier alpha value is -1.20. The molecule has 0 aliphatic rings. The molecule has 0 saturated heterocycles. The fourth-order valence-corrected chi connectivity index (χ4v) is 1.14. The van der Waals surface area contributed by atoms with Crippen LogP contribution in [0.3, 0.4) is 0 Å². The first-order valence-electron chi connectivity index (χ1n) is 4.63. The number of anilines is 1. The van der Waals surface area contributed by atoms with Crippen LogP contribution in [0, 0.1) is 6.92 Å². The molecule has 0 aromatic carbocycles. The highest BCUT2D eigenvalue weighted by Gasteiger charge is 2.41. The molecule has 0 atom stereocenters. The van der Waals surface area contributed by atoms with Gasteiger partial charge in [-0.3, -0.25) is 0 Å². The molecule has 1 heterocycles. The summed E-state index contributed by atoms with van der Waals surface area (Å²) in [7, 11) is -1.74. The second kappa shape index (κ2) is 3.51. The third kappa shape index (κ3) is 2.18. The molecular formula is C8H12BF3N2. The number of hydrogen-bond donors (Lipinski definition) is 0. The van der Waals surface area contributed by atoms with E-state index in [0.29, 0.717) is 5.69 Å². The molecule has 0 unspecified atom stereocenters. The molecule has 0 amide bonds. The molecule has 6 heteroatoms. The molecule has 0 radical (unpaired) electrons. The van der Waals surface area contributed by atoms with Crippen molar-refractivity contribution in [3.05, 3.63) is 24.0 Å². The second-order valence-corrected chi connectivity index (χ2v) is 3.29. The molecule has 14 heavy (non-hydrogen) atoms. The number of nitrogens with zero attached hydrogens (tertiary/aromatic N) is 2. The van der Waals surface area contributed by atoms with Crippen LogP contribution in [0.5, 0.6) is 0 Å². The molecular weight excluding hydrogens is 192 g/mol. The van der Waals surface area contributed by atoms with Gasteiger partial charge in [0, 0.05) is 38.8 Å². The second-order valence-electron chi connectivity index (χ2n) is 3.29. The van der Waals surface area contributed by atoms with Gasteiger partial charge in [0.2, 0.25) is 0 Å². The average molecular weight is 205 g/mol. The van der Waals surface area contributed by atoms with Crippen molar-refractivity contribution >= 4 is 12.8 Å². The highest BCUT2D eigenvalue weighted by molar-refractivity contribution is 6.48. The molecule has 0 spiro atoms. The maximum atomic E-state index is 12.5. The zero-order valence-electron chi connectivity index (χ0n) is 9.26. The summed E-state index contributed by atoms with van der Waals surface area (Å²) in [6.45, 7) is 1.35. The first-order chi connectivity index (χ1) is 6.73. The fourth-order valence-electron chi connectivity index (χ4n) is 1.14. The van der Waals surface area contributed by atoms with Crippen molar-refractivity contribution in [1.82, 2.24) is 0 Å². The van der Waals surface area contributed by atoms with Crippen LogP contribution in [0.1, 0.15) is 7.06 Å². The van der Waals surface area contributed by atoms with Gasteiger partial charge in [-0.05, 0) is 0 Å². The van der Waals surface area contributed by atoms with E-state index in [-0.39, 0.29) is 10.2 Å². The maximum absolute atomic E-state index is 12.5. The minimum absolute atomic E-state index is 0.0266. The lowest BCUT2D eigenvalue weighted by molar-refractivity contribution is -0.582. The summed E-state index contributed by atoms with van der Waals surface area (Å²) in [4.78, 5) is 1.67. The molecule has 0 bridgehead atoms. The highest BCUT2D eigenvalue weighted by atomic mass is 19.4. The predicted octanol–water partition coefficient (Wildman–Crippen LogP) is 1.54. The molecule has 1 rings (SSSR count). The maximum Gasteiger partial charge on any atom is 0.811 e. The van der Waals surface area contributed by atoms with Crippen LogP contribution < -0.4 is 9.38 Å². The van der Waals surface area contributed by atoms with Gasteiger partial charge in [0.15, 0.2) is 0 Å². The summed E-state index contributed by atoms with van der Waals surface area (Å²) >= 11 is 0. The molecule has 0 fully saturated rings. The Labute approximate surface area is 82.4 Å². The van der Waals surface area contributed by atoms with Crippen LogP contribution in [0.15, 0.2) is 18.3 Å². The number of aromatic nitrogens is 1. The summed E-state index contributed by atoms with van der Waals surface area (Å²) in [6.07, 6.45) is -0.536. The van der Waals surface area contributed by atoms with Gasteiger partial charge >= 0.3 is 7.11 Å². The quantitative estimate of drug-likeness (QED) is 0.664. The van der Waals surface area contributed by atoms with Gasteiger partial charge < -0.3 is 22.3 Å². The van der Waals surface area contributed by atoms with Crippen LogP contribution >= 0.6 is 0 Å². The molecule has 1 aromatic rings. The van der Waals surface area contributed by atoms with E-state index in [1.807, 2.05) is 0 Å². The van der Waals surface area contributed by atoms with Crippen molar-refractivity contribution in [1.29, 1.82) is 0 Å². The van der Waals surface area contributed by atoms with Gasteiger partial charge in [-0.1, -0.05) is 0 Å². The van der Waals surface area contributed by atoms with Gasteiger partial charge in [0.25, 0.3) is 0 Å². The first-order valence-corrected chi connectivity index (χ1v) is 4.13. The van der Waals surface area contributed by atoms with E-state index in [0.717, 1.165) is 0 Å². The summed E-state index contributed by atoms with van der Waals surface area (Å²) < 4.78 is 45.0. The van der Waals surface area contributed by atoms with Gasteiger partial charge in [0.1, 0.15) is 13.2 Å². The Bertz CT molecular complexity index is 356. The van der Waals surface area contributed by atoms with Crippen LogP contribution in [0.25, 0.3) is 0 Å². The number of aryl methyl sites for hydroxylation is 1. The van der Waals surface area contributed by atoms with Crippen LogP contribution in [0.4, 0.5) is 18.6 Å². The zero-order valence-corrected chi connectivity index (χ0v) is 8.26. The van der Waals surface area contributed by atoms with Crippen LogP contribution in [0.2, 0.25) is 0 Å². The Morgan fingerprint density at radius 1 is 1.43 bits per heavy atom. The topological polar surface area (TPSA) is 7.12 Å². The largest absolute Gasteiger partial charge is 0.811 e. The molecule has 1 aromatic heterocycles. The van der Waals surface area contributed by atoms with E-state index >= 15 is 0 Å². The Morgan fingerprint density at radius 3 is 2.36 bits per heavy atom. The summed E-state index contributed by atoms with van der Waals surface area (Å²) in [5.74, 6) is 0. The minimum atomic E-state index is -5.18. The van der Waals surface area contributed by atoms with E-state index in [1.165, 1.54) is 19.1 Å². The number of halogens is 3. The SMILES string of the molecule is [2H]c1cc(N(C)C)cc(C)[n+]1[B-](F)(F)F. The van der Waals surface area contributed by atoms with Crippen molar-refractivity contribution in [2.75, 3.05) is 19.0 Å². The standard InChI is InChI=1S/C8H12BF3N2/c1-7-6-8(13(2)3)4-5-14(7)9(10,11)12/h4-6H,1-3H3/i5D. The monoisotopic (exact) mass is 205 g/mol. The van der Waals surface area contributed by atoms with Gasteiger partial charge in [0.05, 0.1) is 0 Å². The van der Waals surface area contributed by atoms with Gasteiger partial charge in [-0.2, -0.15) is 0 Å². The predicted molar refractivity (Wildman–Crippen MR) is 50.2 cm³/mol. The number of rotatable bonds is 2. The molecule has 2 nitrogen and oxygen atoms in total. The van der Waals surface area contributed by atoms with Crippen molar-refractivity contribution in [2.24, 2.45) is 0 Å².